The van der Waals surface area contributed by atoms with Gasteiger partial charge in [0.15, 0.2) is 11.5 Å². The van der Waals surface area contributed by atoms with Crippen LogP contribution in [0.5, 0.6) is 11.5 Å². The molecule has 1 amide bonds. The molecule has 176 valence electrons. The maximum absolute atomic E-state index is 12.9. The van der Waals surface area contributed by atoms with Crippen LogP contribution in [0.1, 0.15) is 31.7 Å². The molecular formula is C25H30BrN3O4. The van der Waals surface area contributed by atoms with Crippen molar-refractivity contribution in [1.29, 1.82) is 0 Å². The number of aromatic nitrogens is 2. The van der Waals surface area contributed by atoms with Crippen LogP contribution < -0.4 is 9.47 Å². The Morgan fingerprint density at radius 2 is 1.73 bits per heavy atom. The van der Waals surface area contributed by atoms with Crippen molar-refractivity contribution in [2.75, 3.05) is 27.3 Å². The molecule has 0 aliphatic rings. The molecule has 0 radical (unpaired) electrons. The number of halogens is 1. The van der Waals surface area contributed by atoms with Crippen molar-refractivity contribution in [3.8, 4) is 22.9 Å². The molecule has 7 nitrogen and oxygen atoms in total. The minimum atomic E-state index is 0.123. The first kappa shape index (κ1) is 24.8. The normalized spacial score (nSPS) is 11.0. The molecule has 8 heteroatoms. The summed E-state index contributed by atoms with van der Waals surface area (Å²) in [6.07, 6.45) is 1.71. The second kappa shape index (κ2) is 11.8. The Kier molecular flexibility index (Phi) is 8.88. The van der Waals surface area contributed by atoms with Crippen LogP contribution in [-0.2, 0) is 17.6 Å². The fraction of sp³-hybridized carbons (Fsp3) is 0.400. The predicted molar refractivity (Wildman–Crippen MR) is 130 cm³/mol. The fourth-order valence-corrected chi connectivity index (χ4v) is 3.71. The van der Waals surface area contributed by atoms with E-state index < -0.39 is 0 Å². The van der Waals surface area contributed by atoms with Crippen molar-refractivity contribution >= 4 is 21.8 Å². The highest BCUT2D eigenvalue weighted by Gasteiger charge is 2.17. The first-order chi connectivity index (χ1) is 15.9. The molecule has 0 saturated carbocycles. The van der Waals surface area contributed by atoms with E-state index in [1.54, 1.807) is 14.2 Å². The number of ether oxygens (including phenoxy) is 2. The number of carbonyl (C=O) groups is 1. The molecule has 0 unspecified atom stereocenters. The summed E-state index contributed by atoms with van der Waals surface area (Å²) < 4.78 is 17.1. The van der Waals surface area contributed by atoms with Crippen LogP contribution in [0.4, 0.5) is 0 Å². The van der Waals surface area contributed by atoms with Crippen molar-refractivity contribution in [3.05, 3.63) is 58.4 Å². The van der Waals surface area contributed by atoms with Gasteiger partial charge in [0.25, 0.3) is 0 Å². The van der Waals surface area contributed by atoms with E-state index >= 15 is 0 Å². The first-order valence-electron chi connectivity index (χ1n) is 11.0. The van der Waals surface area contributed by atoms with Gasteiger partial charge in [-0.25, -0.2) is 0 Å². The van der Waals surface area contributed by atoms with E-state index in [-0.39, 0.29) is 11.8 Å². The van der Waals surface area contributed by atoms with Crippen molar-refractivity contribution in [2.45, 2.75) is 33.1 Å². The molecule has 0 aliphatic carbocycles. The summed E-state index contributed by atoms with van der Waals surface area (Å²) in [6, 6.07) is 13.6. The third-order valence-electron chi connectivity index (χ3n) is 5.22. The summed E-state index contributed by atoms with van der Waals surface area (Å²) in [4.78, 5) is 19.3. The lowest BCUT2D eigenvalue weighted by atomic mass is 10.1. The number of amides is 1. The number of rotatable bonds is 11. The molecule has 33 heavy (non-hydrogen) atoms. The van der Waals surface area contributed by atoms with E-state index in [1.165, 1.54) is 0 Å². The standard InChI is InChI=1S/C25H30BrN3O4/c1-17(2)15-24(30)29(13-11-18-5-10-21(31-3)22(16-18)32-4)14-12-23-27-25(28-33-23)19-6-8-20(26)9-7-19/h5-10,16-17H,11-15H2,1-4H3. The highest BCUT2D eigenvalue weighted by Crippen LogP contribution is 2.28. The van der Waals surface area contributed by atoms with Crippen molar-refractivity contribution < 1.29 is 18.8 Å². The average Bonchev–Trinajstić information content (AvgIpc) is 3.27. The van der Waals surface area contributed by atoms with E-state index in [1.807, 2.05) is 61.2 Å². The Bertz CT molecular complexity index is 1050. The van der Waals surface area contributed by atoms with Crippen LogP contribution >= 0.6 is 15.9 Å². The molecule has 0 saturated heterocycles. The van der Waals surface area contributed by atoms with Gasteiger partial charge in [-0.3, -0.25) is 4.79 Å². The largest absolute Gasteiger partial charge is 0.493 e. The molecule has 0 fully saturated rings. The number of nitrogens with zero attached hydrogens (tertiary/aromatic N) is 3. The van der Waals surface area contributed by atoms with Crippen LogP contribution in [0.15, 0.2) is 51.5 Å². The van der Waals surface area contributed by atoms with E-state index in [4.69, 9.17) is 14.0 Å². The van der Waals surface area contributed by atoms with E-state index in [0.29, 0.717) is 55.6 Å². The molecule has 1 heterocycles. The van der Waals surface area contributed by atoms with E-state index in [9.17, 15) is 4.79 Å². The van der Waals surface area contributed by atoms with Crippen LogP contribution in [0.25, 0.3) is 11.4 Å². The lowest BCUT2D eigenvalue weighted by Gasteiger charge is -2.23. The molecule has 3 rings (SSSR count). The minimum absolute atomic E-state index is 0.123. The molecule has 2 aromatic carbocycles. The monoisotopic (exact) mass is 515 g/mol. The number of methoxy groups -OCH3 is 2. The highest BCUT2D eigenvalue weighted by atomic mass is 79.9. The summed E-state index contributed by atoms with van der Waals surface area (Å²) in [6.45, 7) is 5.20. The van der Waals surface area contributed by atoms with Crippen LogP contribution in [0, 0.1) is 5.92 Å². The second-order valence-corrected chi connectivity index (χ2v) is 9.10. The second-order valence-electron chi connectivity index (χ2n) is 8.19. The van der Waals surface area contributed by atoms with Crippen molar-refractivity contribution in [2.24, 2.45) is 5.92 Å². The predicted octanol–water partition coefficient (Wildman–Crippen LogP) is 5.18. The molecule has 0 N–H and O–H groups in total. The van der Waals surface area contributed by atoms with E-state index in [2.05, 4.69) is 26.1 Å². The van der Waals surface area contributed by atoms with Crippen molar-refractivity contribution in [3.63, 3.8) is 0 Å². The Hall–Kier alpha value is -2.87. The smallest absolute Gasteiger partial charge is 0.228 e. The SMILES string of the molecule is COc1ccc(CCN(CCc2nc(-c3ccc(Br)cc3)no2)C(=O)CC(C)C)cc1OC. The first-order valence-corrected chi connectivity index (χ1v) is 11.8. The summed E-state index contributed by atoms with van der Waals surface area (Å²) in [7, 11) is 3.23. The summed E-state index contributed by atoms with van der Waals surface area (Å²) in [5.74, 6) is 2.84. The van der Waals surface area contributed by atoms with Gasteiger partial charge >= 0.3 is 0 Å². The Labute approximate surface area is 203 Å². The zero-order valence-electron chi connectivity index (χ0n) is 19.5. The summed E-state index contributed by atoms with van der Waals surface area (Å²) in [5.41, 5.74) is 1.96. The minimum Gasteiger partial charge on any atom is -0.493 e. The Balaban J connectivity index is 1.66. The third kappa shape index (κ3) is 7.05. The van der Waals surface area contributed by atoms with E-state index in [0.717, 1.165) is 15.6 Å². The average molecular weight is 516 g/mol. The lowest BCUT2D eigenvalue weighted by Crippen LogP contribution is -2.35. The molecule has 0 atom stereocenters. The topological polar surface area (TPSA) is 77.7 Å². The molecule has 0 aliphatic heterocycles. The zero-order valence-corrected chi connectivity index (χ0v) is 21.1. The summed E-state index contributed by atoms with van der Waals surface area (Å²) in [5, 5.41) is 4.09. The molecule has 0 spiro atoms. The molecular weight excluding hydrogens is 486 g/mol. The zero-order chi connectivity index (χ0) is 23.8. The maximum Gasteiger partial charge on any atom is 0.228 e. The number of hydrogen-bond donors (Lipinski definition) is 0. The van der Waals surface area contributed by atoms with Crippen LogP contribution in [-0.4, -0.2) is 48.3 Å². The van der Waals surface area contributed by atoms with Gasteiger partial charge in [-0.1, -0.05) is 41.0 Å². The Morgan fingerprint density at radius 3 is 2.39 bits per heavy atom. The van der Waals surface area contributed by atoms with Crippen LogP contribution in [0.3, 0.4) is 0 Å². The molecule has 0 bridgehead atoms. The third-order valence-corrected chi connectivity index (χ3v) is 5.75. The molecule has 1 aromatic heterocycles. The van der Waals surface area contributed by atoms with Gasteiger partial charge in [0, 0.05) is 36.0 Å². The lowest BCUT2D eigenvalue weighted by molar-refractivity contribution is -0.132. The number of benzene rings is 2. The van der Waals surface area contributed by atoms with Gasteiger partial charge in [0.1, 0.15) is 0 Å². The van der Waals surface area contributed by atoms with Gasteiger partial charge in [0.05, 0.1) is 14.2 Å². The molecule has 3 aromatic rings. The number of carbonyl (C=O) groups excluding carboxylic acids is 1. The summed E-state index contributed by atoms with van der Waals surface area (Å²) >= 11 is 3.43. The van der Waals surface area contributed by atoms with Gasteiger partial charge in [-0.05, 0) is 54.3 Å². The Morgan fingerprint density at radius 1 is 1.03 bits per heavy atom. The highest BCUT2D eigenvalue weighted by molar-refractivity contribution is 9.10. The van der Waals surface area contributed by atoms with Gasteiger partial charge < -0.3 is 18.9 Å². The van der Waals surface area contributed by atoms with Gasteiger partial charge in [-0.15, -0.1) is 0 Å². The van der Waals surface area contributed by atoms with Crippen LogP contribution in [0.2, 0.25) is 0 Å². The quantitative estimate of drug-likeness (QED) is 0.350. The number of hydrogen-bond acceptors (Lipinski definition) is 6. The fourth-order valence-electron chi connectivity index (χ4n) is 3.44. The maximum atomic E-state index is 12.9. The van der Waals surface area contributed by atoms with Gasteiger partial charge in [-0.2, -0.15) is 4.98 Å². The van der Waals surface area contributed by atoms with Crippen molar-refractivity contribution in [1.82, 2.24) is 15.0 Å². The van der Waals surface area contributed by atoms with Gasteiger partial charge in [0.2, 0.25) is 17.6 Å².